The molecule has 4 aromatic rings. The summed E-state index contributed by atoms with van der Waals surface area (Å²) < 4.78 is 45.3. The first-order chi connectivity index (χ1) is 15.7. The molecular formula is C24H21FN2O5S. The minimum Gasteiger partial charge on any atom is -0.478 e. The van der Waals surface area contributed by atoms with Crippen LogP contribution in [0.3, 0.4) is 0 Å². The molecule has 0 aliphatic rings. The highest BCUT2D eigenvalue weighted by atomic mass is 32.2. The summed E-state index contributed by atoms with van der Waals surface area (Å²) in [5, 5.41) is 10.6. The molecule has 0 bridgehead atoms. The molecule has 0 spiro atoms. The molecule has 0 saturated carbocycles. The number of halogens is 1. The second-order valence-electron chi connectivity index (χ2n) is 7.52. The van der Waals surface area contributed by atoms with Crippen molar-refractivity contribution in [2.75, 3.05) is 7.05 Å². The summed E-state index contributed by atoms with van der Waals surface area (Å²) in [6, 6.07) is 18.3. The molecule has 0 radical (unpaired) electrons. The summed E-state index contributed by atoms with van der Waals surface area (Å²) >= 11 is 0. The van der Waals surface area contributed by atoms with Crippen LogP contribution in [0.5, 0.6) is 5.75 Å². The molecule has 0 saturated heterocycles. The molecule has 0 amide bonds. The van der Waals surface area contributed by atoms with Gasteiger partial charge >= 0.3 is 5.97 Å². The van der Waals surface area contributed by atoms with Crippen LogP contribution in [0.1, 0.15) is 17.2 Å². The molecule has 4 rings (SSSR count). The van der Waals surface area contributed by atoms with Gasteiger partial charge in [-0.15, -0.1) is 0 Å². The van der Waals surface area contributed by atoms with Crippen LogP contribution in [0.25, 0.3) is 10.9 Å². The number of ether oxygens (including phenoxy) is 1. The van der Waals surface area contributed by atoms with E-state index >= 15 is 0 Å². The maximum Gasteiger partial charge on any atom is 0.349 e. The number of hydrogen-bond donors (Lipinski definition) is 2. The van der Waals surface area contributed by atoms with Crippen molar-refractivity contribution in [2.24, 2.45) is 0 Å². The second kappa shape index (κ2) is 9.05. The van der Waals surface area contributed by atoms with Crippen molar-refractivity contribution in [3.05, 3.63) is 95.9 Å². The van der Waals surface area contributed by atoms with Crippen LogP contribution < -0.4 is 4.74 Å². The summed E-state index contributed by atoms with van der Waals surface area (Å²) in [5.41, 5.74) is 1.98. The highest BCUT2D eigenvalue weighted by Gasteiger charge is 2.23. The van der Waals surface area contributed by atoms with Gasteiger partial charge < -0.3 is 14.8 Å². The quantitative estimate of drug-likeness (QED) is 0.401. The van der Waals surface area contributed by atoms with E-state index in [1.807, 2.05) is 12.1 Å². The van der Waals surface area contributed by atoms with Crippen molar-refractivity contribution >= 4 is 26.9 Å². The number of nitrogens with zero attached hydrogens (tertiary/aromatic N) is 1. The molecule has 3 aromatic carbocycles. The number of fused-ring (bicyclic) bond motifs is 1. The van der Waals surface area contributed by atoms with Crippen LogP contribution in [-0.4, -0.2) is 35.8 Å². The molecule has 2 N–H and O–H groups in total. The van der Waals surface area contributed by atoms with Crippen LogP contribution in [0.4, 0.5) is 4.39 Å². The van der Waals surface area contributed by atoms with Gasteiger partial charge in [0.2, 0.25) is 16.1 Å². The summed E-state index contributed by atoms with van der Waals surface area (Å²) in [7, 11) is -2.36. The number of rotatable bonds is 8. The highest BCUT2D eigenvalue weighted by molar-refractivity contribution is 7.89. The number of aliphatic carboxylic acids is 1. The fourth-order valence-electron chi connectivity index (χ4n) is 3.43. The first-order valence-corrected chi connectivity index (χ1v) is 11.5. The molecule has 0 aliphatic heterocycles. The molecule has 1 unspecified atom stereocenters. The molecule has 9 heteroatoms. The third-order valence-electron chi connectivity index (χ3n) is 5.21. The summed E-state index contributed by atoms with van der Waals surface area (Å²) in [4.78, 5) is 14.9. The molecular weight excluding hydrogens is 447 g/mol. The van der Waals surface area contributed by atoms with Gasteiger partial charge in [0.15, 0.2) is 0 Å². The Labute approximate surface area is 190 Å². The number of benzene rings is 3. The number of carbonyl (C=O) groups is 1. The lowest BCUT2D eigenvalue weighted by atomic mass is 10.1. The van der Waals surface area contributed by atoms with E-state index in [1.165, 1.54) is 19.2 Å². The normalized spacial score (nSPS) is 12.7. The zero-order chi connectivity index (χ0) is 23.6. The monoisotopic (exact) mass is 468 g/mol. The van der Waals surface area contributed by atoms with Crippen LogP contribution in [0.2, 0.25) is 0 Å². The lowest BCUT2D eigenvalue weighted by Crippen LogP contribution is -2.26. The van der Waals surface area contributed by atoms with E-state index in [2.05, 4.69) is 4.98 Å². The Balaban J connectivity index is 1.47. The standard InChI is InChI=1S/C24H21FN2O5S/c1-27(33(30,31)21-10-6-19(25)7-11-21)15-16-2-8-20(9-3-16)32-23(24(28)29)18-5-4-17-12-13-26-22(17)14-18/h2-14,23,26H,15H2,1H3,(H,28,29). The molecule has 1 aromatic heterocycles. The zero-order valence-electron chi connectivity index (χ0n) is 17.6. The minimum atomic E-state index is -3.79. The lowest BCUT2D eigenvalue weighted by Gasteiger charge is -2.18. The number of carboxylic acids is 1. The Bertz CT molecular complexity index is 1380. The molecule has 1 atom stereocenters. The first kappa shape index (κ1) is 22.5. The molecule has 0 aliphatic carbocycles. The number of hydrogen-bond acceptors (Lipinski definition) is 4. The Kier molecular flexibility index (Phi) is 6.17. The molecule has 33 heavy (non-hydrogen) atoms. The van der Waals surface area contributed by atoms with E-state index in [9.17, 15) is 22.7 Å². The van der Waals surface area contributed by atoms with Gasteiger partial charge in [0.1, 0.15) is 11.6 Å². The van der Waals surface area contributed by atoms with Crippen LogP contribution in [0.15, 0.2) is 83.9 Å². The van der Waals surface area contributed by atoms with Gasteiger partial charge in [-0.3, -0.25) is 0 Å². The average molecular weight is 469 g/mol. The Hall–Kier alpha value is -3.69. The number of sulfonamides is 1. The van der Waals surface area contributed by atoms with Crippen molar-refractivity contribution in [1.29, 1.82) is 0 Å². The summed E-state index contributed by atoms with van der Waals surface area (Å²) in [6.07, 6.45) is 0.571. The predicted octanol–water partition coefficient (Wildman–Crippen LogP) is 4.33. The van der Waals surface area contributed by atoms with Crippen molar-refractivity contribution in [3.8, 4) is 5.75 Å². The van der Waals surface area contributed by atoms with Crippen LogP contribution in [0, 0.1) is 5.82 Å². The predicted molar refractivity (Wildman–Crippen MR) is 121 cm³/mol. The number of nitrogens with one attached hydrogen (secondary N) is 1. The van der Waals surface area contributed by atoms with E-state index in [0.29, 0.717) is 16.9 Å². The van der Waals surface area contributed by atoms with E-state index in [1.54, 1.807) is 42.6 Å². The minimum absolute atomic E-state index is 0.00492. The Morgan fingerprint density at radius 2 is 1.76 bits per heavy atom. The summed E-state index contributed by atoms with van der Waals surface area (Å²) in [5.74, 6) is -1.31. The van der Waals surface area contributed by atoms with Crippen LogP contribution >= 0.6 is 0 Å². The largest absolute Gasteiger partial charge is 0.478 e. The number of aromatic amines is 1. The first-order valence-electron chi connectivity index (χ1n) is 10.0. The zero-order valence-corrected chi connectivity index (χ0v) is 18.4. The molecule has 7 nitrogen and oxygen atoms in total. The Morgan fingerprint density at radius 3 is 2.42 bits per heavy atom. The smallest absolute Gasteiger partial charge is 0.349 e. The van der Waals surface area contributed by atoms with E-state index in [0.717, 1.165) is 27.3 Å². The summed E-state index contributed by atoms with van der Waals surface area (Å²) in [6.45, 7) is 0.0752. The van der Waals surface area contributed by atoms with Crippen molar-refractivity contribution in [1.82, 2.24) is 9.29 Å². The lowest BCUT2D eigenvalue weighted by molar-refractivity contribution is -0.145. The SMILES string of the molecule is CN(Cc1ccc(OC(C(=O)O)c2ccc3cc[nH]c3c2)cc1)S(=O)(=O)c1ccc(F)cc1. The Morgan fingerprint density at radius 1 is 1.06 bits per heavy atom. The highest BCUT2D eigenvalue weighted by Crippen LogP contribution is 2.26. The van der Waals surface area contributed by atoms with E-state index in [4.69, 9.17) is 4.74 Å². The van der Waals surface area contributed by atoms with Crippen molar-refractivity contribution in [2.45, 2.75) is 17.5 Å². The fraction of sp³-hybridized carbons (Fsp3) is 0.125. The van der Waals surface area contributed by atoms with Gasteiger partial charge in [0.25, 0.3) is 0 Å². The molecule has 1 heterocycles. The van der Waals surface area contributed by atoms with Crippen molar-refractivity contribution in [3.63, 3.8) is 0 Å². The van der Waals surface area contributed by atoms with Gasteiger partial charge in [-0.25, -0.2) is 17.6 Å². The van der Waals surface area contributed by atoms with Gasteiger partial charge in [-0.2, -0.15) is 4.31 Å². The van der Waals surface area contributed by atoms with Crippen molar-refractivity contribution < 1.29 is 27.4 Å². The van der Waals surface area contributed by atoms with Gasteiger partial charge in [-0.1, -0.05) is 24.3 Å². The third kappa shape index (κ3) is 4.89. The van der Waals surface area contributed by atoms with Gasteiger partial charge in [-0.05, 0) is 59.5 Å². The van der Waals surface area contributed by atoms with E-state index < -0.39 is 27.9 Å². The van der Waals surface area contributed by atoms with Crippen LogP contribution in [-0.2, 0) is 21.4 Å². The average Bonchev–Trinajstić information content (AvgIpc) is 3.26. The maximum atomic E-state index is 13.1. The van der Waals surface area contributed by atoms with Gasteiger partial charge in [0.05, 0.1) is 4.90 Å². The number of H-pyrrole nitrogens is 1. The van der Waals surface area contributed by atoms with E-state index in [-0.39, 0.29) is 11.4 Å². The number of aromatic nitrogens is 1. The fourth-order valence-corrected chi connectivity index (χ4v) is 4.59. The van der Waals surface area contributed by atoms with Gasteiger partial charge in [0, 0.05) is 30.9 Å². The molecule has 0 fully saturated rings. The number of carboxylic acid groups (broad SMARTS) is 1. The maximum absolute atomic E-state index is 13.1. The molecule has 170 valence electrons. The topological polar surface area (TPSA) is 99.7 Å². The second-order valence-corrected chi connectivity index (χ2v) is 9.56. The third-order valence-corrected chi connectivity index (χ3v) is 7.03.